The number of carboxylic acids is 2. The van der Waals surface area contributed by atoms with Crippen LogP contribution in [0, 0.1) is 11.8 Å². The summed E-state index contributed by atoms with van der Waals surface area (Å²) in [7, 11) is 0. The Kier molecular flexibility index (Phi) is 4.77. The number of hydrogen-bond acceptors (Lipinski definition) is 4. The average molecular weight is 307 g/mol. The van der Waals surface area contributed by atoms with E-state index in [1.165, 1.54) is 24.3 Å². The molecule has 2 rings (SSSR count). The molecule has 22 heavy (non-hydrogen) atoms. The second kappa shape index (κ2) is 6.57. The maximum atomic E-state index is 11.9. The van der Waals surface area contributed by atoms with Gasteiger partial charge in [0.1, 0.15) is 0 Å². The molecular formula is C15H17NO6. The van der Waals surface area contributed by atoms with Gasteiger partial charge in [0.15, 0.2) is 0 Å². The SMILES string of the molecule is O=C(O)c1ccc(C(=O)NC[C@H]2C[C@@H](C(=O)O)C[C@H]2O)cc1. The zero-order valence-electron chi connectivity index (χ0n) is 11.7. The van der Waals surface area contributed by atoms with Crippen LogP contribution in [0.1, 0.15) is 33.6 Å². The standard InChI is InChI=1S/C15H17NO6/c17-12-6-10(15(21)22)5-11(12)7-16-13(18)8-1-3-9(4-2-8)14(19)20/h1-4,10-12,17H,5-7H2,(H,16,18)(H,19,20)(H,21,22)/t10-,11-,12-/m1/s1. The number of hydrogen-bond donors (Lipinski definition) is 4. The van der Waals surface area contributed by atoms with Gasteiger partial charge < -0.3 is 20.6 Å². The summed E-state index contributed by atoms with van der Waals surface area (Å²) in [6.07, 6.45) is -0.214. The fourth-order valence-electron chi connectivity index (χ4n) is 2.61. The molecular weight excluding hydrogens is 290 g/mol. The van der Waals surface area contributed by atoms with Gasteiger partial charge in [0.05, 0.1) is 17.6 Å². The number of carboxylic acid groups (broad SMARTS) is 2. The van der Waals surface area contributed by atoms with Crippen molar-refractivity contribution in [2.45, 2.75) is 18.9 Å². The quantitative estimate of drug-likeness (QED) is 0.631. The van der Waals surface area contributed by atoms with Crippen molar-refractivity contribution >= 4 is 17.8 Å². The fraction of sp³-hybridized carbons (Fsp3) is 0.400. The Morgan fingerprint density at radius 2 is 1.64 bits per heavy atom. The molecule has 0 spiro atoms. The smallest absolute Gasteiger partial charge is 0.335 e. The van der Waals surface area contributed by atoms with Crippen molar-refractivity contribution in [3.63, 3.8) is 0 Å². The summed E-state index contributed by atoms with van der Waals surface area (Å²) in [6.45, 7) is 0.185. The van der Waals surface area contributed by atoms with E-state index in [0.29, 0.717) is 12.0 Å². The number of carbonyl (C=O) groups excluding carboxylic acids is 1. The number of aromatic carboxylic acids is 1. The maximum absolute atomic E-state index is 11.9. The molecule has 1 aliphatic carbocycles. The Labute approximate surface area is 126 Å². The fourth-order valence-corrected chi connectivity index (χ4v) is 2.61. The largest absolute Gasteiger partial charge is 0.481 e. The van der Waals surface area contributed by atoms with Gasteiger partial charge in [0.2, 0.25) is 0 Å². The van der Waals surface area contributed by atoms with Gasteiger partial charge in [-0.05, 0) is 37.1 Å². The molecule has 3 atom stereocenters. The van der Waals surface area contributed by atoms with Gasteiger partial charge in [-0.15, -0.1) is 0 Å². The summed E-state index contributed by atoms with van der Waals surface area (Å²) >= 11 is 0. The van der Waals surface area contributed by atoms with Crippen LogP contribution < -0.4 is 5.32 Å². The molecule has 0 aliphatic heterocycles. The van der Waals surface area contributed by atoms with Crippen molar-refractivity contribution in [3.8, 4) is 0 Å². The van der Waals surface area contributed by atoms with Gasteiger partial charge in [0.25, 0.3) is 5.91 Å². The van der Waals surface area contributed by atoms with E-state index < -0.39 is 24.0 Å². The van der Waals surface area contributed by atoms with Gasteiger partial charge in [-0.25, -0.2) is 4.79 Å². The molecule has 1 aromatic rings. The second-order valence-corrected chi connectivity index (χ2v) is 5.43. The number of carbonyl (C=O) groups is 3. The Morgan fingerprint density at radius 1 is 1.05 bits per heavy atom. The summed E-state index contributed by atoms with van der Waals surface area (Å²) in [6, 6.07) is 5.48. The van der Waals surface area contributed by atoms with Crippen LogP contribution in [-0.2, 0) is 4.79 Å². The van der Waals surface area contributed by atoms with E-state index >= 15 is 0 Å². The van der Waals surface area contributed by atoms with Crippen LogP contribution in [0.3, 0.4) is 0 Å². The van der Waals surface area contributed by atoms with E-state index in [2.05, 4.69) is 5.32 Å². The topological polar surface area (TPSA) is 124 Å². The number of aliphatic hydroxyl groups excluding tert-OH is 1. The molecule has 0 radical (unpaired) electrons. The summed E-state index contributed by atoms with van der Waals surface area (Å²) in [5.41, 5.74) is 0.402. The highest BCUT2D eigenvalue weighted by molar-refractivity contribution is 5.95. The number of rotatable bonds is 5. The lowest BCUT2D eigenvalue weighted by Gasteiger charge is -2.15. The lowest BCUT2D eigenvalue weighted by molar-refractivity contribution is -0.141. The molecule has 1 aliphatic rings. The highest BCUT2D eigenvalue weighted by Crippen LogP contribution is 2.31. The molecule has 1 fully saturated rings. The van der Waals surface area contributed by atoms with Crippen LogP contribution in [0.4, 0.5) is 0 Å². The minimum Gasteiger partial charge on any atom is -0.481 e. The second-order valence-electron chi connectivity index (χ2n) is 5.43. The number of aliphatic carboxylic acids is 1. The van der Waals surface area contributed by atoms with Gasteiger partial charge in [-0.1, -0.05) is 0 Å². The summed E-state index contributed by atoms with van der Waals surface area (Å²) in [5.74, 6) is -3.25. The normalized spacial score (nSPS) is 24.0. The van der Waals surface area contributed by atoms with E-state index in [1.54, 1.807) is 0 Å². The minimum absolute atomic E-state index is 0.0899. The first kappa shape index (κ1) is 16.0. The van der Waals surface area contributed by atoms with E-state index in [-0.39, 0.29) is 30.4 Å². The van der Waals surface area contributed by atoms with Crippen molar-refractivity contribution in [1.82, 2.24) is 5.32 Å². The molecule has 0 aromatic heterocycles. The molecule has 4 N–H and O–H groups in total. The van der Waals surface area contributed by atoms with E-state index in [0.717, 1.165) is 0 Å². The summed E-state index contributed by atoms with van der Waals surface area (Å²) in [5, 5.41) is 30.2. The average Bonchev–Trinajstić information content (AvgIpc) is 2.86. The molecule has 0 saturated heterocycles. The molecule has 1 aromatic carbocycles. The molecule has 1 amide bonds. The maximum Gasteiger partial charge on any atom is 0.335 e. The first-order valence-corrected chi connectivity index (χ1v) is 6.91. The zero-order valence-corrected chi connectivity index (χ0v) is 11.7. The van der Waals surface area contributed by atoms with Gasteiger partial charge in [-0.3, -0.25) is 9.59 Å². The van der Waals surface area contributed by atoms with Crippen molar-refractivity contribution in [2.75, 3.05) is 6.54 Å². The van der Waals surface area contributed by atoms with E-state index in [4.69, 9.17) is 10.2 Å². The van der Waals surface area contributed by atoms with Gasteiger partial charge in [-0.2, -0.15) is 0 Å². The number of aliphatic hydroxyl groups is 1. The zero-order chi connectivity index (χ0) is 16.3. The molecule has 1 saturated carbocycles. The van der Waals surface area contributed by atoms with Crippen molar-refractivity contribution in [2.24, 2.45) is 11.8 Å². The summed E-state index contributed by atoms with van der Waals surface area (Å²) in [4.78, 5) is 33.6. The van der Waals surface area contributed by atoms with E-state index in [1.807, 2.05) is 0 Å². The van der Waals surface area contributed by atoms with Gasteiger partial charge >= 0.3 is 11.9 Å². The third-order valence-electron chi connectivity index (χ3n) is 3.93. The van der Waals surface area contributed by atoms with Gasteiger partial charge in [0, 0.05) is 18.0 Å². The van der Waals surface area contributed by atoms with Crippen LogP contribution >= 0.6 is 0 Å². The number of benzene rings is 1. The van der Waals surface area contributed by atoms with Crippen molar-refractivity contribution in [1.29, 1.82) is 0 Å². The molecule has 118 valence electrons. The van der Waals surface area contributed by atoms with Crippen molar-refractivity contribution in [3.05, 3.63) is 35.4 Å². The van der Waals surface area contributed by atoms with Crippen LogP contribution in [0.5, 0.6) is 0 Å². The lowest BCUT2D eigenvalue weighted by Crippen LogP contribution is -2.32. The van der Waals surface area contributed by atoms with E-state index in [9.17, 15) is 19.5 Å². The highest BCUT2D eigenvalue weighted by atomic mass is 16.4. The Bertz CT molecular complexity index is 582. The predicted molar refractivity (Wildman–Crippen MR) is 75.6 cm³/mol. The first-order valence-electron chi connectivity index (χ1n) is 6.91. The summed E-state index contributed by atoms with van der Waals surface area (Å²) < 4.78 is 0. The lowest BCUT2D eigenvalue weighted by atomic mass is 10.0. The van der Waals surface area contributed by atoms with Crippen LogP contribution in [0.25, 0.3) is 0 Å². The van der Waals surface area contributed by atoms with Crippen LogP contribution in [0.2, 0.25) is 0 Å². The number of nitrogens with one attached hydrogen (secondary N) is 1. The van der Waals surface area contributed by atoms with Crippen LogP contribution in [0.15, 0.2) is 24.3 Å². The molecule has 0 unspecified atom stereocenters. The monoisotopic (exact) mass is 307 g/mol. The minimum atomic E-state index is -1.07. The third-order valence-corrected chi connectivity index (χ3v) is 3.93. The molecule has 0 bridgehead atoms. The Morgan fingerprint density at radius 3 is 2.14 bits per heavy atom. The third kappa shape index (κ3) is 3.62. The van der Waals surface area contributed by atoms with Crippen molar-refractivity contribution < 1.29 is 29.7 Å². The molecule has 0 heterocycles. The van der Waals surface area contributed by atoms with Crippen LogP contribution in [-0.4, -0.2) is 45.8 Å². The predicted octanol–water partition coefficient (Wildman–Crippen LogP) is 0.586. The molecule has 7 nitrogen and oxygen atoms in total. The molecule has 7 heteroatoms. The Hall–Kier alpha value is -2.41. The number of amides is 1. The highest BCUT2D eigenvalue weighted by Gasteiger charge is 2.36. The first-order chi connectivity index (χ1) is 10.4. The Balaban J connectivity index is 1.90.